The number of anilines is 1. The van der Waals surface area contributed by atoms with Crippen LogP contribution in [0.3, 0.4) is 0 Å². The van der Waals surface area contributed by atoms with E-state index >= 15 is 0 Å². The smallest absolute Gasteiger partial charge is 0.308 e. The number of hydrogen-bond acceptors (Lipinski definition) is 3. The molecular formula is C15H21NO3. The van der Waals surface area contributed by atoms with Gasteiger partial charge in [0.1, 0.15) is 0 Å². The van der Waals surface area contributed by atoms with Crippen molar-refractivity contribution in [3.63, 3.8) is 0 Å². The summed E-state index contributed by atoms with van der Waals surface area (Å²) in [5.41, 5.74) is 2.27. The average Bonchev–Trinajstić information content (AvgIpc) is 2.43. The lowest BCUT2D eigenvalue weighted by molar-refractivity contribution is -0.141. The third kappa shape index (κ3) is 3.47. The fourth-order valence-corrected chi connectivity index (χ4v) is 2.48. The molecule has 0 amide bonds. The number of hydrogen-bond donors (Lipinski definition) is 1. The van der Waals surface area contributed by atoms with Gasteiger partial charge < -0.3 is 14.7 Å². The van der Waals surface area contributed by atoms with E-state index in [4.69, 9.17) is 4.74 Å². The minimum absolute atomic E-state index is 0.318. The molecule has 4 heteroatoms. The van der Waals surface area contributed by atoms with E-state index in [0.717, 1.165) is 30.8 Å². The van der Waals surface area contributed by atoms with Gasteiger partial charge in [0.25, 0.3) is 0 Å². The maximum atomic E-state index is 11.2. The average molecular weight is 263 g/mol. The molecular weight excluding hydrogens is 242 g/mol. The molecule has 0 bridgehead atoms. The summed E-state index contributed by atoms with van der Waals surface area (Å²) in [4.78, 5) is 13.4. The van der Waals surface area contributed by atoms with Gasteiger partial charge in [-0.05, 0) is 24.5 Å². The second-order valence-corrected chi connectivity index (χ2v) is 4.93. The highest BCUT2D eigenvalue weighted by molar-refractivity contribution is 5.73. The lowest BCUT2D eigenvalue weighted by atomic mass is 9.92. The van der Waals surface area contributed by atoms with E-state index in [-0.39, 0.29) is 5.92 Å². The van der Waals surface area contributed by atoms with Crippen LogP contribution in [0, 0.1) is 5.92 Å². The van der Waals surface area contributed by atoms with Crippen LogP contribution in [0.4, 0.5) is 5.69 Å². The highest BCUT2D eigenvalue weighted by atomic mass is 16.5. The summed E-state index contributed by atoms with van der Waals surface area (Å²) in [6, 6.07) is 8.05. The summed E-state index contributed by atoms with van der Waals surface area (Å²) in [7, 11) is 0. The minimum atomic E-state index is -0.714. The van der Waals surface area contributed by atoms with E-state index in [2.05, 4.69) is 17.9 Å². The Balaban J connectivity index is 2.06. The van der Waals surface area contributed by atoms with Crippen LogP contribution in [0.15, 0.2) is 24.3 Å². The molecule has 104 valence electrons. The normalized spacial score (nSPS) is 18.2. The van der Waals surface area contributed by atoms with E-state index in [9.17, 15) is 9.90 Å². The van der Waals surface area contributed by atoms with Gasteiger partial charge in [0, 0.05) is 25.4 Å². The topological polar surface area (TPSA) is 49.8 Å². The third-order valence-electron chi connectivity index (χ3n) is 3.44. The Morgan fingerprint density at radius 3 is 2.95 bits per heavy atom. The number of benzene rings is 1. The lowest BCUT2D eigenvalue weighted by Crippen LogP contribution is -2.40. The number of carboxylic acids is 1. The van der Waals surface area contributed by atoms with Gasteiger partial charge in [-0.2, -0.15) is 0 Å². The lowest BCUT2D eigenvalue weighted by Gasteiger charge is -2.34. The third-order valence-corrected chi connectivity index (χ3v) is 3.44. The van der Waals surface area contributed by atoms with Crippen LogP contribution in [0.25, 0.3) is 0 Å². The van der Waals surface area contributed by atoms with Crippen LogP contribution in [0.2, 0.25) is 0 Å². The Morgan fingerprint density at radius 1 is 1.42 bits per heavy atom. The number of fused-ring (bicyclic) bond motifs is 1. The molecule has 0 radical (unpaired) electrons. The Morgan fingerprint density at radius 2 is 2.21 bits per heavy atom. The zero-order chi connectivity index (χ0) is 13.7. The number of aliphatic carboxylic acids is 1. The summed E-state index contributed by atoms with van der Waals surface area (Å²) in [5.74, 6) is -1.03. The van der Waals surface area contributed by atoms with Crippen molar-refractivity contribution < 1.29 is 14.6 Å². The molecule has 0 spiro atoms. The number of nitrogens with zero attached hydrogens (tertiary/aromatic N) is 1. The zero-order valence-electron chi connectivity index (χ0n) is 11.3. The van der Waals surface area contributed by atoms with Crippen molar-refractivity contribution in [2.24, 2.45) is 5.92 Å². The van der Waals surface area contributed by atoms with E-state index in [1.54, 1.807) is 0 Å². The van der Waals surface area contributed by atoms with Crippen molar-refractivity contribution in [2.75, 3.05) is 31.2 Å². The molecule has 19 heavy (non-hydrogen) atoms. The molecule has 1 aliphatic heterocycles. The van der Waals surface area contributed by atoms with E-state index in [1.807, 2.05) is 18.2 Å². The molecule has 1 unspecified atom stereocenters. The van der Waals surface area contributed by atoms with E-state index in [0.29, 0.717) is 19.6 Å². The van der Waals surface area contributed by atoms with Gasteiger partial charge in [-0.1, -0.05) is 25.1 Å². The van der Waals surface area contributed by atoms with Crippen molar-refractivity contribution in [2.45, 2.75) is 19.8 Å². The summed E-state index contributed by atoms with van der Waals surface area (Å²) in [6.45, 7) is 4.81. The molecule has 0 saturated heterocycles. The van der Waals surface area contributed by atoms with Gasteiger partial charge in [-0.15, -0.1) is 0 Å². The minimum Gasteiger partial charge on any atom is -0.481 e. The molecule has 0 saturated carbocycles. The molecule has 1 aromatic carbocycles. The van der Waals surface area contributed by atoms with Crippen molar-refractivity contribution in [1.82, 2.24) is 0 Å². The van der Waals surface area contributed by atoms with E-state index in [1.165, 1.54) is 0 Å². The first-order chi connectivity index (χ1) is 9.22. The van der Waals surface area contributed by atoms with Gasteiger partial charge in [-0.25, -0.2) is 0 Å². The summed E-state index contributed by atoms with van der Waals surface area (Å²) in [5, 5.41) is 9.23. The first-order valence-corrected chi connectivity index (χ1v) is 6.85. The van der Waals surface area contributed by atoms with Crippen LogP contribution >= 0.6 is 0 Å². The number of ether oxygens (including phenoxy) is 1. The summed E-state index contributed by atoms with van der Waals surface area (Å²) >= 11 is 0. The maximum absolute atomic E-state index is 11.2. The molecule has 1 heterocycles. The standard InChI is InChI=1S/C15H21NO3/c1-2-8-19-9-7-16-11-13(15(17)18)10-12-5-3-4-6-14(12)16/h3-6,13H,2,7-11H2,1H3,(H,17,18). The van der Waals surface area contributed by atoms with Gasteiger partial charge in [0.05, 0.1) is 12.5 Å². The molecule has 2 rings (SSSR count). The first kappa shape index (κ1) is 13.9. The largest absolute Gasteiger partial charge is 0.481 e. The molecule has 1 aliphatic rings. The monoisotopic (exact) mass is 263 g/mol. The van der Waals surface area contributed by atoms with Crippen molar-refractivity contribution in [3.05, 3.63) is 29.8 Å². The number of carboxylic acid groups (broad SMARTS) is 1. The zero-order valence-corrected chi connectivity index (χ0v) is 11.3. The molecule has 0 aromatic heterocycles. The maximum Gasteiger partial charge on any atom is 0.308 e. The SMILES string of the molecule is CCCOCCN1CC(C(=O)O)Cc2ccccc21. The first-order valence-electron chi connectivity index (χ1n) is 6.85. The van der Waals surface area contributed by atoms with Crippen molar-refractivity contribution in [3.8, 4) is 0 Å². The van der Waals surface area contributed by atoms with Crippen molar-refractivity contribution in [1.29, 1.82) is 0 Å². The summed E-state index contributed by atoms with van der Waals surface area (Å²) in [6.07, 6.45) is 1.63. The van der Waals surface area contributed by atoms with Crippen LogP contribution in [0.1, 0.15) is 18.9 Å². The van der Waals surface area contributed by atoms with Crippen LogP contribution in [0.5, 0.6) is 0 Å². The summed E-state index contributed by atoms with van der Waals surface area (Å²) < 4.78 is 5.51. The van der Waals surface area contributed by atoms with Crippen molar-refractivity contribution >= 4 is 11.7 Å². The molecule has 0 fully saturated rings. The Kier molecular flexibility index (Phi) is 4.80. The Hall–Kier alpha value is -1.55. The van der Waals surface area contributed by atoms with Crippen LogP contribution in [-0.4, -0.2) is 37.4 Å². The highest BCUT2D eigenvalue weighted by Gasteiger charge is 2.28. The van der Waals surface area contributed by atoms with Gasteiger partial charge in [0.2, 0.25) is 0 Å². The molecule has 4 nitrogen and oxygen atoms in total. The number of rotatable bonds is 6. The van der Waals surface area contributed by atoms with Gasteiger partial charge >= 0.3 is 5.97 Å². The van der Waals surface area contributed by atoms with Crippen LogP contribution < -0.4 is 4.90 Å². The number of para-hydroxylation sites is 1. The number of carbonyl (C=O) groups is 1. The molecule has 1 N–H and O–H groups in total. The van der Waals surface area contributed by atoms with Gasteiger partial charge in [0.15, 0.2) is 0 Å². The van der Waals surface area contributed by atoms with Crippen LogP contribution in [-0.2, 0) is 16.0 Å². The second-order valence-electron chi connectivity index (χ2n) is 4.93. The fourth-order valence-electron chi connectivity index (χ4n) is 2.48. The predicted octanol–water partition coefficient (Wildman–Crippen LogP) is 2.18. The fraction of sp³-hybridized carbons (Fsp3) is 0.533. The highest BCUT2D eigenvalue weighted by Crippen LogP contribution is 2.29. The van der Waals surface area contributed by atoms with E-state index < -0.39 is 5.97 Å². The Labute approximate surface area is 114 Å². The molecule has 1 aromatic rings. The van der Waals surface area contributed by atoms with Gasteiger partial charge in [-0.3, -0.25) is 4.79 Å². The predicted molar refractivity (Wildman–Crippen MR) is 74.6 cm³/mol. The Bertz CT molecular complexity index is 433. The quantitative estimate of drug-likeness (QED) is 0.799. The second kappa shape index (κ2) is 6.57. The molecule has 0 aliphatic carbocycles. The molecule has 1 atom stereocenters.